The fourth-order valence-corrected chi connectivity index (χ4v) is 3.46. The standard InChI is InChI=1S/C15H25NO3S/c1-5-8-20(17,18)11-14-9-13(10-16-12(2)3)6-7-15(14)19-4/h6-7,9,12,16H,5,8,10-11H2,1-4H3. The van der Waals surface area contributed by atoms with E-state index in [0.29, 0.717) is 18.2 Å². The molecule has 114 valence electrons. The maximum Gasteiger partial charge on any atom is 0.154 e. The van der Waals surface area contributed by atoms with Crippen LogP contribution in [0.2, 0.25) is 0 Å². The quantitative estimate of drug-likeness (QED) is 0.801. The molecule has 0 aromatic heterocycles. The summed E-state index contributed by atoms with van der Waals surface area (Å²) in [6.07, 6.45) is 0.638. The minimum absolute atomic E-state index is 0.0412. The second kappa shape index (κ2) is 7.64. The Morgan fingerprint density at radius 3 is 2.55 bits per heavy atom. The van der Waals surface area contributed by atoms with Crippen LogP contribution in [0.1, 0.15) is 38.3 Å². The van der Waals surface area contributed by atoms with E-state index in [1.807, 2.05) is 25.1 Å². The largest absolute Gasteiger partial charge is 0.496 e. The van der Waals surface area contributed by atoms with Gasteiger partial charge in [0.1, 0.15) is 5.75 Å². The summed E-state index contributed by atoms with van der Waals surface area (Å²) in [4.78, 5) is 0. The SMILES string of the molecule is CCCS(=O)(=O)Cc1cc(CNC(C)C)ccc1OC. The van der Waals surface area contributed by atoms with Crippen LogP contribution in [0.15, 0.2) is 18.2 Å². The number of ether oxygens (including phenoxy) is 1. The summed E-state index contributed by atoms with van der Waals surface area (Å²) in [5, 5.41) is 3.32. The third-order valence-corrected chi connectivity index (χ3v) is 4.73. The van der Waals surface area contributed by atoms with Crippen molar-refractivity contribution < 1.29 is 13.2 Å². The number of hydrogen-bond acceptors (Lipinski definition) is 4. The number of hydrogen-bond donors (Lipinski definition) is 1. The van der Waals surface area contributed by atoms with E-state index in [-0.39, 0.29) is 11.5 Å². The molecule has 1 aromatic rings. The highest BCUT2D eigenvalue weighted by atomic mass is 32.2. The molecule has 0 saturated heterocycles. The maximum absolute atomic E-state index is 12.0. The Morgan fingerprint density at radius 1 is 1.30 bits per heavy atom. The molecule has 0 heterocycles. The van der Waals surface area contributed by atoms with Gasteiger partial charge in [0, 0.05) is 18.2 Å². The first-order chi connectivity index (χ1) is 9.38. The zero-order valence-electron chi connectivity index (χ0n) is 12.8. The monoisotopic (exact) mass is 299 g/mol. The van der Waals surface area contributed by atoms with E-state index in [1.54, 1.807) is 7.11 Å². The highest BCUT2D eigenvalue weighted by Gasteiger charge is 2.15. The van der Waals surface area contributed by atoms with Crippen molar-refractivity contribution in [3.8, 4) is 5.75 Å². The molecule has 0 aliphatic carbocycles. The van der Waals surface area contributed by atoms with Crippen LogP contribution in [0.5, 0.6) is 5.75 Å². The Morgan fingerprint density at radius 2 is 2.00 bits per heavy atom. The third-order valence-electron chi connectivity index (χ3n) is 2.95. The van der Waals surface area contributed by atoms with Crippen molar-refractivity contribution >= 4 is 9.84 Å². The smallest absolute Gasteiger partial charge is 0.154 e. The van der Waals surface area contributed by atoms with Crippen molar-refractivity contribution in [2.75, 3.05) is 12.9 Å². The summed E-state index contributed by atoms with van der Waals surface area (Å²) < 4.78 is 29.2. The van der Waals surface area contributed by atoms with E-state index >= 15 is 0 Å². The molecule has 0 spiro atoms. The fraction of sp³-hybridized carbons (Fsp3) is 0.600. The Bertz CT molecular complexity index is 524. The fourth-order valence-electron chi connectivity index (χ4n) is 2.00. The van der Waals surface area contributed by atoms with Gasteiger partial charge in [-0.1, -0.05) is 26.8 Å². The molecule has 0 radical (unpaired) electrons. The van der Waals surface area contributed by atoms with Gasteiger partial charge in [-0.2, -0.15) is 0 Å². The summed E-state index contributed by atoms with van der Waals surface area (Å²) in [6, 6.07) is 6.11. The van der Waals surface area contributed by atoms with Gasteiger partial charge in [0.05, 0.1) is 18.6 Å². The molecule has 0 bridgehead atoms. The van der Waals surface area contributed by atoms with E-state index in [1.165, 1.54) is 0 Å². The molecule has 1 N–H and O–H groups in total. The molecular weight excluding hydrogens is 274 g/mol. The molecule has 1 aromatic carbocycles. The second-order valence-corrected chi connectivity index (χ2v) is 7.46. The van der Waals surface area contributed by atoms with Crippen LogP contribution in [0.3, 0.4) is 0 Å². The first-order valence-corrected chi connectivity index (χ1v) is 8.79. The van der Waals surface area contributed by atoms with Crippen LogP contribution in [0, 0.1) is 0 Å². The zero-order valence-corrected chi connectivity index (χ0v) is 13.6. The molecule has 0 saturated carbocycles. The van der Waals surface area contributed by atoms with E-state index in [2.05, 4.69) is 19.2 Å². The van der Waals surface area contributed by atoms with E-state index in [9.17, 15) is 8.42 Å². The van der Waals surface area contributed by atoms with Gasteiger partial charge in [-0.3, -0.25) is 0 Å². The van der Waals surface area contributed by atoms with Gasteiger partial charge in [0.2, 0.25) is 0 Å². The van der Waals surface area contributed by atoms with Crippen LogP contribution < -0.4 is 10.1 Å². The normalized spacial score (nSPS) is 11.8. The van der Waals surface area contributed by atoms with Gasteiger partial charge < -0.3 is 10.1 Å². The van der Waals surface area contributed by atoms with Crippen molar-refractivity contribution in [3.63, 3.8) is 0 Å². The molecule has 0 amide bonds. The molecule has 0 atom stereocenters. The maximum atomic E-state index is 12.0. The summed E-state index contributed by atoms with van der Waals surface area (Å²) in [6.45, 7) is 6.76. The summed E-state index contributed by atoms with van der Waals surface area (Å²) in [5.41, 5.74) is 1.81. The van der Waals surface area contributed by atoms with Gasteiger partial charge >= 0.3 is 0 Å². The summed E-state index contributed by atoms with van der Waals surface area (Å²) >= 11 is 0. The molecule has 1 rings (SSSR count). The molecule has 20 heavy (non-hydrogen) atoms. The van der Waals surface area contributed by atoms with Crippen molar-refractivity contribution in [2.24, 2.45) is 0 Å². The van der Waals surface area contributed by atoms with Gasteiger partial charge in [-0.25, -0.2) is 8.42 Å². The summed E-state index contributed by atoms with van der Waals surface area (Å²) in [7, 11) is -1.50. The van der Waals surface area contributed by atoms with Gasteiger partial charge in [0.15, 0.2) is 9.84 Å². The predicted octanol–water partition coefficient (Wildman–Crippen LogP) is 2.52. The Kier molecular flexibility index (Phi) is 6.49. The first-order valence-electron chi connectivity index (χ1n) is 6.97. The molecular formula is C15H25NO3S. The Balaban J connectivity index is 2.94. The van der Waals surface area contributed by atoms with Crippen molar-refractivity contribution in [3.05, 3.63) is 29.3 Å². The average molecular weight is 299 g/mol. The third kappa shape index (κ3) is 5.51. The molecule has 0 unspecified atom stereocenters. The molecule has 5 heteroatoms. The minimum atomic E-state index is -3.07. The zero-order chi connectivity index (χ0) is 15.2. The van der Waals surface area contributed by atoms with E-state index < -0.39 is 9.84 Å². The number of nitrogens with one attached hydrogen (secondary N) is 1. The van der Waals surface area contributed by atoms with Gasteiger partial charge in [0.25, 0.3) is 0 Å². The van der Waals surface area contributed by atoms with Crippen LogP contribution in [-0.2, 0) is 22.1 Å². The average Bonchev–Trinajstić information content (AvgIpc) is 2.36. The first kappa shape index (κ1) is 17.0. The number of rotatable bonds is 8. The van der Waals surface area contributed by atoms with Crippen molar-refractivity contribution in [1.82, 2.24) is 5.32 Å². The van der Waals surface area contributed by atoms with Crippen LogP contribution >= 0.6 is 0 Å². The Labute approximate surface area is 122 Å². The lowest BCUT2D eigenvalue weighted by Gasteiger charge is -2.13. The lowest BCUT2D eigenvalue weighted by atomic mass is 10.1. The van der Waals surface area contributed by atoms with Crippen LogP contribution in [-0.4, -0.2) is 27.3 Å². The number of benzene rings is 1. The topological polar surface area (TPSA) is 55.4 Å². The molecule has 0 fully saturated rings. The van der Waals surface area contributed by atoms with Crippen molar-refractivity contribution in [1.29, 1.82) is 0 Å². The van der Waals surface area contributed by atoms with Crippen molar-refractivity contribution in [2.45, 2.75) is 45.5 Å². The Hall–Kier alpha value is -1.07. The molecule has 0 aliphatic rings. The van der Waals surface area contributed by atoms with Gasteiger partial charge in [-0.05, 0) is 24.1 Å². The van der Waals surface area contributed by atoms with E-state index in [4.69, 9.17) is 4.74 Å². The van der Waals surface area contributed by atoms with Crippen LogP contribution in [0.4, 0.5) is 0 Å². The lowest BCUT2D eigenvalue weighted by molar-refractivity contribution is 0.410. The lowest BCUT2D eigenvalue weighted by Crippen LogP contribution is -2.22. The molecule has 0 aliphatic heterocycles. The van der Waals surface area contributed by atoms with Gasteiger partial charge in [-0.15, -0.1) is 0 Å². The second-order valence-electron chi connectivity index (χ2n) is 5.27. The number of methoxy groups -OCH3 is 1. The minimum Gasteiger partial charge on any atom is -0.496 e. The van der Waals surface area contributed by atoms with E-state index in [0.717, 1.165) is 17.7 Å². The summed E-state index contributed by atoms with van der Waals surface area (Å²) in [5.74, 6) is 0.891. The highest BCUT2D eigenvalue weighted by Crippen LogP contribution is 2.22. The molecule has 4 nitrogen and oxygen atoms in total. The number of sulfone groups is 1. The predicted molar refractivity (Wildman–Crippen MR) is 82.8 cm³/mol. The van der Waals surface area contributed by atoms with Crippen LogP contribution in [0.25, 0.3) is 0 Å². The highest BCUT2D eigenvalue weighted by molar-refractivity contribution is 7.90.